The molecule has 1 aromatic heterocycles. The first-order valence-electron chi connectivity index (χ1n) is 8.33. The Hall–Kier alpha value is -2.52. The number of carbonyl (C=O) groups excluding carboxylic acids is 1. The van der Waals surface area contributed by atoms with Gasteiger partial charge in [-0.15, -0.1) is 0 Å². The minimum Gasteiger partial charge on any atom is -0.358 e. The van der Waals surface area contributed by atoms with E-state index in [9.17, 15) is 4.79 Å². The Morgan fingerprint density at radius 3 is 2.60 bits per heavy atom. The Bertz CT molecular complexity index is 842. The van der Waals surface area contributed by atoms with Crippen LogP contribution >= 0.6 is 11.6 Å². The number of nitrogens with zero attached hydrogens (tertiary/aromatic N) is 1. The summed E-state index contributed by atoms with van der Waals surface area (Å²) in [5, 5.41) is 0.693. The molecule has 0 aliphatic carbocycles. The fraction of sp³-hybridized carbons (Fsp3) is 0.190. The number of aryl methyl sites for hydroxylation is 1. The van der Waals surface area contributed by atoms with Gasteiger partial charge in [-0.3, -0.25) is 4.79 Å². The summed E-state index contributed by atoms with van der Waals surface area (Å²) in [6, 6.07) is 21.9. The molecule has 0 atom stereocenters. The number of aromatic amines is 1. The highest BCUT2D eigenvalue weighted by atomic mass is 35.5. The molecule has 25 heavy (non-hydrogen) atoms. The van der Waals surface area contributed by atoms with Crippen LogP contribution in [0.1, 0.15) is 17.7 Å². The highest BCUT2D eigenvalue weighted by Crippen LogP contribution is 2.19. The summed E-state index contributed by atoms with van der Waals surface area (Å²) in [7, 11) is 1.83. The SMILES string of the molecule is CN(Cc1cccc(Cl)c1)C(=O)CCc1ccc(-c2ccccc2)[nH]1. The van der Waals surface area contributed by atoms with E-state index in [1.165, 1.54) is 0 Å². The lowest BCUT2D eigenvalue weighted by Gasteiger charge is -2.17. The van der Waals surface area contributed by atoms with Crippen molar-refractivity contribution in [3.05, 3.63) is 83.0 Å². The highest BCUT2D eigenvalue weighted by molar-refractivity contribution is 6.30. The fourth-order valence-electron chi connectivity index (χ4n) is 2.80. The maximum atomic E-state index is 12.4. The van der Waals surface area contributed by atoms with Crippen molar-refractivity contribution in [2.75, 3.05) is 7.05 Å². The minimum atomic E-state index is 0.121. The summed E-state index contributed by atoms with van der Waals surface area (Å²) in [5.41, 5.74) is 4.34. The Morgan fingerprint density at radius 2 is 1.84 bits per heavy atom. The van der Waals surface area contributed by atoms with Gasteiger partial charge in [0, 0.05) is 36.4 Å². The molecule has 0 radical (unpaired) electrons. The molecule has 3 rings (SSSR count). The van der Waals surface area contributed by atoms with E-state index in [0.29, 0.717) is 24.4 Å². The molecular formula is C21H21ClN2O. The topological polar surface area (TPSA) is 36.1 Å². The Labute approximate surface area is 153 Å². The average molecular weight is 353 g/mol. The molecule has 3 nitrogen and oxygen atoms in total. The van der Waals surface area contributed by atoms with Gasteiger partial charge < -0.3 is 9.88 Å². The number of nitrogens with one attached hydrogen (secondary N) is 1. The molecular weight excluding hydrogens is 332 g/mol. The van der Waals surface area contributed by atoms with Crippen LogP contribution in [0.4, 0.5) is 0 Å². The molecule has 0 aliphatic heterocycles. The number of benzene rings is 2. The lowest BCUT2D eigenvalue weighted by Crippen LogP contribution is -2.26. The first-order chi connectivity index (χ1) is 12.1. The molecule has 2 aromatic carbocycles. The Kier molecular flexibility index (Phi) is 5.56. The van der Waals surface area contributed by atoms with E-state index in [4.69, 9.17) is 11.6 Å². The van der Waals surface area contributed by atoms with Crippen molar-refractivity contribution >= 4 is 17.5 Å². The average Bonchev–Trinajstić information content (AvgIpc) is 3.09. The number of H-pyrrole nitrogens is 1. The number of aromatic nitrogens is 1. The van der Waals surface area contributed by atoms with E-state index in [0.717, 1.165) is 22.5 Å². The van der Waals surface area contributed by atoms with Crippen molar-refractivity contribution in [2.45, 2.75) is 19.4 Å². The van der Waals surface area contributed by atoms with Crippen LogP contribution < -0.4 is 0 Å². The molecule has 1 heterocycles. The quantitative estimate of drug-likeness (QED) is 0.671. The zero-order chi connectivity index (χ0) is 17.6. The molecule has 1 amide bonds. The molecule has 0 saturated heterocycles. The van der Waals surface area contributed by atoms with Gasteiger partial charge in [-0.05, 0) is 41.8 Å². The second kappa shape index (κ2) is 8.04. The van der Waals surface area contributed by atoms with Gasteiger partial charge in [-0.2, -0.15) is 0 Å². The number of rotatable bonds is 6. The van der Waals surface area contributed by atoms with Gasteiger partial charge in [-0.25, -0.2) is 0 Å². The van der Waals surface area contributed by atoms with Crippen LogP contribution in [-0.4, -0.2) is 22.8 Å². The number of carbonyl (C=O) groups is 1. The normalized spacial score (nSPS) is 10.6. The standard InChI is InChI=1S/C21H21ClN2O/c1-24(15-16-6-5-9-18(22)14-16)21(25)13-11-19-10-12-20(23-19)17-7-3-2-4-8-17/h2-10,12,14,23H,11,13,15H2,1H3. The Morgan fingerprint density at radius 1 is 1.04 bits per heavy atom. The molecule has 1 N–H and O–H groups in total. The van der Waals surface area contributed by atoms with Crippen molar-refractivity contribution in [1.82, 2.24) is 9.88 Å². The maximum absolute atomic E-state index is 12.4. The first kappa shape index (κ1) is 17.3. The van der Waals surface area contributed by atoms with Gasteiger partial charge in [0.1, 0.15) is 0 Å². The van der Waals surface area contributed by atoms with Crippen LogP contribution in [0.2, 0.25) is 5.02 Å². The predicted molar refractivity (Wildman–Crippen MR) is 102 cm³/mol. The lowest BCUT2D eigenvalue weighted by molar-refractivity contribution is -0.130. The summed E-state index contributed by atoms with van der Waals surface area (Å²) in [4.78, 5) is 17.5. The third kappa shape index (κ3) is 4.74. The summed E-state index contributed by atoms with van der Waals surface area (Å²) in [6.45, 7) is 0.569. The van der Waals surface area contributed by atoms with Crippen LogP contribution in [0.3, 0.4) is 0 Å². The molecule has 0 bridgehead atoms. The predicted octanol–water partition coefficient (Wildman–Crippen LogP) is 4.93. The van der Waals surface area contributed by atoms with Gasteiger partial charge in [-0.1, -0.05) is 54.1 Å². The summed E-state index contributed by atoms with van der Waals surface area (Å²) in [6.07, 6.45) is 1.18. The fourth-order valence-corrected chi connectivity index (χ4v) is 3.01. The van der Waals surface area contributed by atoms with Crippen LogP contribution in [-0.2, 0) is 17.8 Å². The van der Waals surface area contributed by atoms with Gasteiger partial charge in [0.05, 0.1) is 0 Å². The smallest absolute Gasteiger partial charge is 0.222 e. The Balaban J connectivity index is 1.54. The monoisotopic (exact) mass is 352 g/mol. The van der Waals surface area contributed by atoms with E-state index in [1.54, 1.807) is 4.90 Å². The lowest BCUT2D eigenvalue weighted by atomic mass is 10.2. The maximum Gasteiger partial charge on any atom is 0.222 e. The first-order valence-corrected chi connectivity index (χ1v) is 8.71. The molecule has 0 spiro atoms. The van der Waals surface area contributed by atoms with Crippen LogP contribution in [0.5, 0.6) is 0 Å². The number of amides is 1. The highest BCUT2D eigenvalue weighted by Gasteiger charge is 2.11. The van der Waals surface area contributed by atoms with E-state index in [2.05, 4.69) is 23.2 Å². The van der Waals surface area contributed by atoms with Crippen molar-refractivity contribution in [2.24, 2.45) is 0 Å². The summed E-state index contributed by atoms with van der Waals surface area (Å²) >= 11 is 5.99. The van der Waals surface area contributed by atoms with Gasteiger partial charge in [0.25, 0.3) is 0 Å². The van der Waals surface area contributed by atoms with Gasteiger partial charge in [0.2, 0.25) is 5.91 Å². The van der Waals surface area contributed by atoms with E-state index in [-0.39, 0.29) is 5.91 Å². The zero-order valence-corrected chi connectivity index (χ0v) is 15.0. The van der Waals surface area contributed by atoms with Crippen molar-refractivity contribution in [3.8, 4) is 11.3 Å². The molecule has 0 aliphatic rings. The third-order valence-electron chi connectivity index (χ3n) is 4.17. The van der Waals surface area contributed by atoms with E-state index < -0.39 is 0 Å². The van der Waals surface area contributed by atoms with Crippen LogP contribution in [0.15, 0.2) is 66.7 Å². The molecule has 128 valence electrons. The van der Waals surface area contributed by atoms with Crippen LogP contribution in [0, 0.1) is 0 Å². The summed E-state index contributed by atoms with van der Waals surface area (Å²) in [5.74, 6) is 0.121. The molecule has 3 aromatic rings. The summed E-state index contributed by atoms with van der Waals surface area (Å²) < 4.78 is 0. The molecule has 0 saturated carbocycles. The second-order valence-corrected chi connectivity index (χ2v) is 6.58. The minimum absolute atomic E-state index is 0.121. The van der Waals surface area contributed by atoms with Gasteiger partial charge >= 0.3 is 0 Å². The van der Waals surface area contributed by atoms with Crippen LogP contribution in [0.25, 0.3) is 11.3 Å². The molecule has 0 unspecified atom stereocenters. The molecule has 0 fully saturated rings. The van der Waals surface area contributed by atoms with E-state index >= 15 is 0 Å². The number of halogens is 1. The largest absolute Gasteiger partial charge is 0.358 e. The number of hydrogen-bond acceptors (Lipinski definition) is 1. The second-order valence-electron chi connectivity index (χ2n) is 6.14. The van der Waals surface area contributed by atoms with Crippen molar-refractivity contribution in [3.63, 3.8) is 0 Å². The van der Waals surface area contributed by atoms with Crippen molar-refractivity contribution in [1.29, 1.82) is 0 Å². The molecule has 4 heteroatoms. The van der Waals surface area contributed by atoms with E-state index in [1.807, 2.05) is 55.6 Å². The number of hydrogen-bond donors (Lipinski definition) is 1. The third-order valence-corrected chi connectivity index (χ3v) is 4.41. The van der Waals surface area contributed by atoms with Gasteiger partial charge in [0.15, 0.2) is 0 Å². The zero-order valence-electron chi connectivity index (χ0n) is 14.2. The van der Waals surface area contributed by atoms with Crippen molar-refractivity contribution < 1.29 is 4.79 Å².